The van der Waals surface area contributed by atoms with Crippen LogP contribution in [-0.4, -0.2) is 31.5 Å². The number of fused-ring (bicyclic) bond motifs is 2. The molecule has 0 aromatic rings. The maximum atomic E-state index is 12.1. The Labute approximate surface area is 112 Å². The Bertz CT molecular complexity index is 399. The van der Waals surface area contributed by atoms with Gasteiger partial charge in [0.2, 0.25) is 0 Å². The Morgan fingerprint density at radius 3 is 2.95 bits per heavy atom. The third-order valence-corrected chi connectivity index (χ3v) is 6.03. The van der Waals surface area contributed by atoms with Gasteiger partial charge in [0.25, 0.3) is 0 Å². The number of hydrogen-bond donors (Lipinski definition) is 0. The van der Waals surface area contributed by atoms with E-state index in [1.54, 1.807) is 0 Å². The van der Waals surface area contributed by atoms with Gasteiger partial charge in [0, 0.05) is 5.41 Å². The first kappa shape index (κ1) is 12.1. The molecule has 0 spiro atoms. The maximum Gasteiger partial charge on any atom is 0.337 e. The molecule has 0 aromatic heterocycles. The highest BCUT2D eigenvalue weighted by atomic mass is 19.1. The van der Waals surface area contributed by atoms with Gasteiger partial charge in [-0.15, -0.1) is 0 Å². The lowest BCUT2D eigenvalue weighted by molar-refractivity contribution is -0.145. The Hall–Kier alpha value is -0.640. The Morgan fingerprint density at radius 1 is 1.26 bits per heavy atom. The van der Waals surface area contributed by atoms with Crippen LogP contribution < -0.4 is 0 Å². The highest BCUT2D eigenvalue weighted by molar-refractivity contribution is 5.70. The van der Waals surface area contributed by atoms with E-state index in [0.717, 1.165) is 17.8 Å². The number of ether oxygens (including phenoxy) is 2. The zero-order valence-corrected chi connectivity index (χ0v) is 11.1. The van der Waals surface area contributed by atoms with Gasteiger partial charge in [-0.3, -0.25) is 0 Å². The molecule has 5 unspecified atom stereocenters. The summed E-state index contributed by atoms with van der Waals surface area (Å²) >= 11 is 0. The van der Waals surface area contributed by atoms with Crippen molar-refractivity contribution < 1.29 is 18.7 Å². The van der Waals surface area contributed by atoms with Crippen LogP contribution in [0.15, 0.2) is 0 Å². The second-order valence-electron chi connectivity index (χ2n) is 7.03. The van der Waals surface area contributed by atoms with Crippen molar-refractivity contribution in [2.45, 2.75) is 50.7 Å². The minimum absolute atomic E-state index is 0.0357. The minimum Gasteiger partial charge on any atom is -0.461 e. The molecule has 3 bridgehead atoms. The van der Waals surface area contributed by atoms with Gasteiger partial charge in [0.05, 0.1) is 6.10 Å². The smallest absolute Gasteiger partial charge is 0.337 e. The van der Waals surface area contributed by atoms with Crippen LogP contribution in [0.5, 0.6) is 0 Å². The quantitative estimate of drug-likeness (QED) is 0.581. The molecule has 0 radical (unpaired) electrons. The third kappa shape index (κ3) is 1.83. The molecule has 1 saturated heterocycles. The SMILES string of the molecule is O=C(CF)OCC1OC1[C@]12CC3CCC1CC(C3)C2. The summed E-state index contributed by atoms with van der Waals surface area (Å²) < 4.78 is 22.8. The van der Waals surface area contributed by atoms with Crippen LogP contribution >= 0.6 is 0 Å². The lowest BCUT2D eigenvalue weighted by Gasteiger charge is -2.44. The topological polar surface area (TPSA) is 38.8 Å². The average Bonchev–Trinajstić information content (AvgIpc) is 3.16. The summed E-state index contributed by atoms with van der Waals surface area (Å²) in [5.41, 5.74) is 0.374. The number of hydrogen-bond acceptors (Lipinski definition) is 3. The predicted octanol–water partition coefficient (Wildman–Crippen LogP) is 2.48. The minimum atomic E-state index is -1.03. The highest BCUT2D eigenvalue weighted by Crippen LogP contribution is 2.67. The number of carbonyl (C=O) groups is 1. The molecule has 4 heteroatoms. The van der Waals surface area contributed by atoms with Gasteiger partial charge in [-0.25, -0.2) is 9.18 Å². The lowest BCUT2D eigenvalue weighted by atomic mass is 9.59. The van der Waals surface area contributed by atoms with Crippen LogP contribution in [0, 0.1) is 23.2 Å². The monoisotopic (exact) mass is 268 g/mol. The van der Waals surface area contributed by atoms with Crippen molar-refractivity contribution >= 4 is 5.97 Å². The van der Waals surface area contributed by atoms with E-state index in [2.05, 4.69) is 0 Å². The van der Waals surface area contributed by atoms with E-state index < -0.39 is 12.6 Å². The zero-order chi connectivity index (χ0) is 13.0. The van der Waals surface area contributed by atoms with Gasteiger partial charge in [-0.2, -0.15) is 0 Å². The first-order valence-electron chi connectivity index (χ1n) is 7.58. The summed E-state index contributed by atoms with van der Waals surface area (Å²) in [5.74, 6) is 1.87. The van der Waals surface area contributed by atoms with E-state index in [9.17, 15) is 9.18 Å². The van der Waals surface area contributed by atoms with Crippen molar-refractivity contribution in [3.8, 4) is 0 Å². The molecular formula is C15H21FO3. The summed E-state index contributed by atoms with van der Waals surface area (Å²) in [6, 6.07) is 0. The molecule has 4 aliphatic rings. The van der Waals surface area contributed by atoms with Gasteiger partial charge in [0.1, 0.15) is 12.7 Å². The fourth-order valence-corrected chi connectivity index (χ4v) is 5.46. The van der Waals surface area contributed by atoms with Crippen molar-refractivity contribution in [3.63, 3.8) is 0 Å². The van der Waals surface area contributed by atoms with Gasteiger partial charge in [0.15, 0.2) is 6.67 Å². The molecule has 0 aromatic carbocycles. The number of halogens is 1. The second kappa shape index (κ2) is 4.18. The van der Waals surface area contributed by atoms with Crippen LogP contribution in [-0.2, 0) is 14.3 Å². The first-order chi connectivity index (χ1) is 9.21. The summed E-state index contributed by atoms with van der Waals surface area (Å²) in [7, 11) is 0. The number of epoxide rings is 1. The molecule has 4 rings (SSSR count). The predicted molar refractivity (Wildman–Crippen MR) is 66.2 cm³/mol. The largest absolute Gasteiger partial charge is 0.461 e. The molecule has 19 heavy (non-hydrogen) atoms. The fraction of sp³-hybridized carbons (Fsp3) is 0.933. The van der Waals surface area contributed by atoms with E-state index in [1.165, 1.54) is 38.5 Å². The summed E-state index contributed by atoms with van der Waals surface area (Å²) in [4.78, 5) is 10.9. The number of esters is 1. The van der Waals surface area contributed by atoms with Crippen molar-refractivity contribution in [3.05, 3.63) is 0 Å². The van der Waals surface area contributed by atoms with Gasteiger partial charge >= 0.3 is 5.97 Å². The van der Waals surface area contributed by atoms with E-state index >= 15 is 0 Å². The molecule has 3 nitrogen and oxygen atoms in total. The van der Waals surface area contributed by atoms with Gasteiger partial charge in [-0.05, 0) is 49.9 Å². The molecule has 1 heterocycles. The van der Waals surface area contributed by atoms with Crippen LogP contribution in [0.25, 0.3) is 0 Å². The molecule has 4 fully saturated rings. The van der Waals surface area contributed by atoms with Gasteiger partial charge < -0.3 is 9.47 Å². The number of rotatable bonds is 4. The Morgan fingerprint density at radius 2 is 2.11 bits per heavy atom. The standard InChI is InChI=1S/C15H21FO3/c16-7-13(17)18-8-12-14(19-12)15-5-9-1-2-11(15)4-10(3-9)6-15/h9-12,14H,1-8H2/t9?,10?,11?,12?,14?,15-/m0/s1. The number of carbonyl (C=O) groups excluding carboxylic acids is 1. The van der Waals surface area contributed by atoms with Crippen molar-refractivity contribution in [2.24, 2.45) is 23.2 Å². The van der Waals surface area contributed by atoms with Crippen LogP contribution in [0.4, 0.5) is 4.39 Å². The fourth-order valence-electron chi connectivity index (χ4n) is 5.46. The van der Waals surface area contributed by atoms with E-state index in [-0.39, 0.29) is 18.8 Å². The maximum absolute atomic E-state index is 12.1. The molecule has 3 saturated carbocycles. The molecule has 0 N–H and O–H groups in total. The number of alkyl halides is 1. The first-order valence-corrected chi connectivity index (χ1v) is 7.58. The van der Waals surface area contributed by atoms with Crippen molar-refractivity contribution in [1.82, 2.24) is 0 Å². The summed E-state index contributed by atoms with van der Waals surface area (Å²) in [6.07, 6.45) is 8.50. The van der Waals surface area contributed by atoms with Crippen LogP contribution in [0.1, 0.15) is 38.5 Å². The lowest BCUT2D eigenvalue weighted by Crippen LogP contribution is -2.41. The highest BCUT2D eigenvalue weighted by Gasteiger charge is 2.65. The molecule has 6 atom stereocenters. The second-order valence-corrected chi connectivity index (χ2v) is 7.03. The summed E-state index contributed by atoms with van der Waals surface area (Å²) in [6.45, 7) is -0.785. The average molecular weight is 268 g/mol. The molecule has 1 aliphatic heterocycles. The Balaban J connectivity index is 1.42. The van der Waals surface area contributed by atoms with E-state index in [4.69, 9.17) is 9.47 Å². The van der Waals surface area contributed by atoms with Crippen LogP contribution in [0.3, 0.4) is 0 Å². The molecule has 106 valence electrons. The van der Waals surface area contributed by atoms with Gasteiger partial charge in [-0.1, -0.05) is 6.42 Å². The van der Waals surface area contributed by atoms with Crippen molar-refractivity contribution in [2.75, 3.05) is 13.3 Å². The van der Waals surface area contributed by atoms with E-state index in [0.29, 0.717) is 5.41 Å². The molecular weight excluding hydrogens is 247 g/mol. The third-order valence-electron chi connectivity index (χ3n) is 6.03. The van der Waals surface area contributed by atoms with Crippen molar-refractivity contribution in [1.29, 1.82) is 0 Å². The molecule has 0 amide bonds. The van der Waals surface area contributed by atoms with E-state index in [1.807, 2.05) is 0 Å². The zero-order valence-electron chi connectivity index (χ0n) is 11.1. The Kier molecular flexibility index (Phi) is 2.66. The molecule has 3 aliphatic carbocycles. The van der Waals surface area contributed by atoms with Crippen LogP contribution in [0.2, 0.25) is 0 Å². The summed E-state index contributed by atoms with van der Waals surface area (Å²) in [5, 5.41) is 0. The normalized spacial score (nSPS) is 50.3.